The van der Waals surface area contributed by atoms with Gasteiger partial charge in [-0.1, -0.05) is 30.3 Å². The molecule has 0 saturated carbocycles. The molecule has 2 aromatic rings. The summed E-state index contributed by atoms with van der Waals surface area (Å²) >= 11 is 0. The van der Waals surface area contributed by atoms with E-state index in [1.807, 2.05) is 30.3 Å². The van der Waals surface area contributed by atoms with Gasteiger partial charge < -0.3 is 14.6 Å². The molecule has 5 heteroatoms. The molecule has 2 aliphatic rings. The van der Waals surface area contributed by atoms with Crippen LogP contribution < -0.4 is 9.47 Å². The Labute approximate surface area is 135 Å². The number of rotatable bonds is 3. The summed E-state index contributed by atoms with van der Waals surface area (Å²) in [7, 11) is 0. The van der Waals surface area contributed by atoms with Gasteiger partial charge >= 0.3 is 0 Å². The van der Waals surface area contributed by atoms with Crippen molar-refractivity contribution in [3.63, 3.8) is 0 Å². The third-order valence-corrected chi connectivity index (χ3v) is 4.48. The summed E-state index contributed by atoms with van der Waals surface area (Å²) in [4.78, 5) is 6.55. The standard InChI is InChI=1S/C18H20N2O3/c21-14-8-10-20(11-14)17(13-5-2-1-3-6-13)16-12-22-15-7-4-9-19-18(15)23-16/h1-7,9,14,16-17,21H,8,10-12H2/t14-,16-,17?/m1/s1. The van der Waals surface area contributed by atoms with E-state index in [1.54, 1.807) is 6.20 Å². The quantitative estimate of drug-likeness (QED) is 0.940. The third kappa shape index (κ3) is 2.90. The molecule has 1 saturated heterocycles. The number of ether oxygens (including phenoxy) is 2. The molecular formula is C18H20N2O3. The Balaban J connectivity index is 1.63. The third-order valence-electron chi connectivity index (χ3n) is 4.48. The van der Waals surface area contributed by atoms with Crippen LogP contribution in [0.1, 0.15) is 18.0 Å². The SMILES string of the molecule is O[C@@H]1CCN(C(c2ccccc2)[C@H]2COc3cccnc3O2)C1. The van der Waals surface area contributed by atoms with E-state index in [1.165, 1.54) is 5.56 Å². The van der Waals surface area contributed by atoms with Crippen LogP contribution in [0.2, 0.25) is 0 Å². The average molecular weight is 312 g/mol. The maximum Gasteiger partial charge on any atom is 0.257 e. The molecule has 0 aliphatic carbocycles. The minimum absolute atomic E-state index is 0.0449. The van der Waals surface area contributed by atoms with E-state index in [9.17, 15) is 5.11 Å². The van der Waals surface area contributed by atoms with Gasteiger partial charge in [-0.2, -0.15) is 0 Å². The lowest BCUT2D eigenvalue weighted by molar-refractivity contribution is 0.0126. The van der Waals surface area contributed by atoms with Gasteiger partial charge in [-0.25, -0.2) is 4.98 Å². The molecule has 23 heavy (non-hydrogen) atoms. The molecule has 0 radical (unpaired) electrons. The molecular weight excluding hydrogens is 292 g/mol. The number of aliphatic hydroxyl groups excluding tert-OH is 1. The predicted octanol–water partition coefficient (Wildman–Crippen LogP) is 2.03. The number of benzene rings is 1. The van der Waals surface area contributed by atoms with Gasteiger partial charge in [0.25, 0.3) is 5.88 Å². The van der Waals surface area contributed by atoms with Crippen molar-refractivity contribution >= 4 is 0 Å². The number of pyridine rings is 1. The first-order valence-corrected chi connectivity index (χ1v) is 8.03. The second-order valence-electron chi connectivity index (χ2n) is 6.07. The van der Waals surface area contributed by atoms with E-state index in [4.69, 9.17) is 9.47 Å². The maximum atomic E-state index is 9.93. The molecule has 1 fully saturated rings. The van der Waals surface area contributed by atoms with Crippen LogP contribution in [0, 0.1) is 0 Å². The van der Waals surface area contributed by atoms with E-state index in [-0.39, 0.29) is 18.2 Å². The fourth-order valence-corrected chi connectivity index (χ4v) is 3.41. The lowest BCUT2D eigenvalue weighted by Crippen LogP contribution is -2.43. The van der Waals surface area contributed by atoms with Crippen LogP contribution in [0.15, 0.2) is 48.7 Å². The summed E-state index contributed by atoms with van der Waals surface area (Å²) in [6.07, 6.45) is 2.09. The molecule has 1 aromatic carbocycles. The highest BCUT2D eigenvalue weighted by atomic mass is 16.6. The zero-order valence-electron chi connectivity index (χ0n) is 12.8. The largest absolute Gasteiger partial charge is 0.484 e. The van der Waals surface area contributed by atoms with Gasteiger partial charge in [-0.05, 0) is 24.1 Å². The number of β-amino-alcohol motifs (C(OH)–C–C–N with tert-alkyl or cyclic N) is 1. The molecule has 1 aromatic heterocycles. The monoisotopic (exact) mass is 312 g/mol. The van der Waals surface area contributed by atoms with Crippen molar-refractivity contribution in [1.29, 1.82) is 0 Å². The minimum atomic E-state index is -0.267. The first kappa shape index (κ1) is 14.5. The van der Waals surface area contributed by atoms with E-state index in [0.717, 1.165) is 13.0 Å². The molecule has 0 spiro atoms. The summed E-state index contributed by atoms with van der Waals surface area (Å²) in [6.45, 7) is 2.00. The van der Waals surface area contributed by atoms with E-state index in [0.29, 0.717) is 24.8 Å². The summed E-state index contributed by atoms with van der Waals surface area (Å²) in [5, 5.41) is 9.93. The summed E-state index contributed by atoms with van der Waals surface area (Å²) < 4.78 is 12.0. The van der Waals surface area contributed by atoms with Crippen LogP contribution in [-0.4, -0.2) is 46.9 Å². The van der Waals surface area contributed by atoms with Crippen molar-refractivity contribution in [1.82, 2.24) is 9.88 Å². The summed E-state index contributed by atoms with van der Waals surface area (Å²) in [5.74, 6) is 1.24. The molecule has 3 atom stereocenters. The highest BCUT2D eigenvalue weighted by Gasteiger charge is 2.37. The van der Waals surface area contributed by atoms with Crippen LogP contribution in [0.5, 0.6) is 11.6 Å². The number of aliphatic hydroxyl groups is 1. The summed E-state index contributed by atoms with van der Waals surface area (Å²) in [5.41, 5.74) is 1.18. The van der Waals surface area contributed by atoms with Crippen molar-refractivity contribution < 1.29 is 14.6 Å². The van der Waals surface area contributed by atoms with Gasteiger partial charge in [-0.3, -0.25) is 4.90 Å². The molecule has 4 rings (SSSR count). The van der Waals surface area contributed by atoms with Gasteiger partial charge in [-0.15, -0.1) is 0 Å². The van der Waals surface area contributed by atoms with Crippen LogP contribution in [0.25, 0.3) is 0 Å². The van der Waals surface area contributed by atoms with Crippen LogP contribution >= 0.6 is 0 Å². The maximum absolute atomic E-state index is 9.93. The highest BCUT2D eigenvalue weighted by molar-refractivity contribution is 5.35. The van der Waals surface area contributed by atoms with Crippen molar-refractivity contribution in [3.05, 3.63) is 54.2 Å². The van der Waals surface area contributed by atoms with Crippen LogP contribution in [0.4, 0.5) is 0 Å². The molecule has 5 nitrogen and oxygen atoms in total. The zero-order chi connectivity index (χ0) is 15.6. The predicted molar refractivity (Wildman–Crippen MR) is 85.5 cm³/mol. The summed E-state index contributed by atoms with van der Waals surface area (Å²) in [6, 6.07) is 14.0. The van der Waals surface area contributed by atoms with Gasteiger partial charge in [0, 0.05) is 19.3 Å². The second-order valence-corrected chi connectivity index (χ2v) is 6.07. The number of hydrogen-bond acceptors (Lipinski definition) is 5. The molecule has 1 unspecified atom stereocenters. The molecule has 0 bridgehead atoms. The van der Waals surface area contributed by atoms with Gasteiger partial charge in [0.1, 0.15) is 6.61 Å². The highest BCUT2D eigenvalue weighted by Crippen LogP contribution is 2.36. The molecule has 2 aliphatic heterocycles. The Hall–Kier alpha value is -2.11. The number of likely N-dealkylation sites (tertiary alicyclic amines) is 1. The van der Waals surface area contributed by atoms with E-state index in [2.05, 4.69) is 22.0 Å². The fourth-order valence-electron chi connectivity index (χ4n) is 3.41. The number of aromatic nitrogens is 1. The lowest BCUT2D eigenvalue weighted by Gasteiger charge is -2.36. The lowest BCUT2D eigenvalue weighted by atomic mass is 9.99. The molecule has 120 valence electrons. The Morgan fingerprint density at radius 3 is 2.83 bits per heavy atom. The van der Waals surface area contributed by atoms with Crippen molar-refractivity contribution in [2.75, 3.05) is 19.7 Å². The second kappa shape index (κ2) is 6.18. The normalized spacial score (nSPS) is 25.3. The molecule has 1 N–H and O–H groups in total. The molecule has 3 heterocycles. The fraction of sp³-hybridized carbons (Fsp3) is 0.389. The number of fused-ring (bicyclic) bond motifs is 1. The number of hydrogen-bond donors (Lipinski definition) is 1. The van der Waals surface area contributed by atoms with Gasteiger partial charge in [0.2, 0.25) is 0 Å². The van der Waals surface area contributed by atoms with E-state index >= 15 is 0 Å². The number of nitrogens with zero attached hydrogens (tertiary/aromatic N) is 2. The van der Waals surface area contributed by atoms with Crippen LogP contribution in [-0.2, 0) is 0 Å². The average Bonchev–Trinajstić information content (AvgIpc) is 3.02. The Kier molecular flexibility index (Phi) is 3.89. The van der Waals surface area contributed by atoms with Crippen molar-refractivity contribution in [2.45, 2.75) is 24.7 Å². The smallest absolute Gasteiger partial charge is 0.257 e. The Bertz CT molecular complexity index is 664. The van der Waals surface area contributed by atoms with Crippen molar-refractivity contribution in [2.24, 2.45) is 0 Å². The first-order valence-electron chi connectivity index (χ1n) is 8.03. The Morgan fingerprint density at radius 2 is 2.04 bits per heavy atom. The minimum Gasteiger partial charge on any atom is -0.484 e. The van der Waals surface area contributed by atoms with Gasteiger partial charge in [0.15, 0.2) is 11.9 Å². The van der Waals surface area contributed by atoms with E-state index < -0.39 is 0 Å². The first-order chi connectivity index (χ1) is 11.3. The Morgan fingerprint density at radius 1 is 1.17 bits per heavy atom. The van der Waals surface area contributed by atoms with Gasteiger partial charge in [0.05, 0.1) is 12.1 Å². The molecule has 0 amide bonds. The topological polar surface area (TPSA) is 54.8 Å². The zero-order valence-corrected chi connectivity index (χ0v) is 12.8. The van der Waals surface area contributed by atoms with Crippen molar-refractivity contribution in [3.8, 4) is 11.6 Å². The van der Waals surface area contributed by atoms with Crippen LogP contribution in [0.3, 0.4) is 0 Å².